The summed E-state index contributed by atoms with van der Waals surface area (Å²) in [6.45, 7) is 4.23. The molecule has 0 saturated carbocycles. The number of carbonyl (C=O) groups excluding carboxylic acids is 2. The van der Waals surface area contributed by atoms with Gasteiger partial charge >= 0.3 is 12.0 Å². The van der Waals surface area contributed by atoms with Gasteiger partial charge in [0.15, 0.2) is 6.61 Å². The molecule has 0 fully saturated rings. The van der Waals surface area contributed by atoms with Crippen molar-refractivity contribution < 1.29 is 24.2 Å². The van der Waals surface area contributed by atoms with Crippen molar-refractivity contribution in [2.75, 3.05) is 26.7 Å². The quantitative estimate of drug-likeness (QED) is 0.617. The molecule has 0 saturated heterocycles. The van der Waals surface area contributed by atoms with E-state index in [1.165, 1.54) is 4.90 Å². The first-order valence-electron chi connectivity index (χ1n) is 8.03. The average Bonchev–Trinajstić information content (AvgIpc) is 2.58. The van der Waals surface area contributed by atoms with Gasteiger partial charge in [-0.2, -0.15) is 0 Å². The van der Waals surface area contributed by atoms with Crippen LogP contribution in [0.1, 0.15) is 19.4 Å². The zero-order valence-corrected chi connectivity index (χ0v) is 14.7. The highest BCUT2D eigenvalue weighted by atomic mass is 16.5. The van der Waals surface area contributed by atoms with Crippen LogP contribution in [0.25, 0.3) is 0 Å². The van der Waals surface area contributed by atoms with Gasteiger partial charge in [0.05, 0.1) is 5.92 Å². The predicted molar refractivity (Wildman–Crippen MR) is 92.3 cm³/mol. The fourth-order valence-electron chi connectivity index (χ4n) is 2.03. The maximum absolute atomic E-state index is 12.0. The number of ether oxygens (including phenoxy) is 1. The Hall–Kier alpha value is -2.77. The van der Waals surface area contributed by atoms with E-state index in [-0.39, 0.29) is 31.6 Å². The van der Waals surface area contributed by atoms with Crippen LogP contribution in [-0.2, 0) is 16.1 Å². The van der Waals surface area contributed by atoms with E-state index in [2.05, 4.69) is 10.6 Å². The Morgan fingerprint density at radius 1 is 1.28 bits per heavy atom. The van der Waals surface area contributed by atoms with Gasteiger partial charge in [-0.1, -0.05) is 19.1 Å². The van der Waals surface area contributed by atoms with Crippen LogP contribution in [0, 0.1) is 5.92 Å². The number of hydrogen-bond donors (Lipinski definition) is 3. The van der Waals surface area contributed by atoms with Gasteiger partial charge in [-0.3, -0.25) is 9.59 Å². The van der Waals surface area contributed by atoms with E-state index in [0.29, 0.717) is 12.3 Å². The second-order valence-electron chi connectivity index (χ2n) is 5.67. The Bertz CT molecular complexity index is 606. The molecule has 3 amide bonds. The molecule has 0 aliphatic rings. The van der Waals surface area contributed by atoms with Crippen molar-refractivity contribution in [1.29, 1.82) is 0 Å². The normalized spacial score (nSPS) is 11.3. The van der Waals surface area contributed by atoms with Crippen molar-refractivity contribution in [3.63, 3.8) is 0 Å². The second kappa shape index (κ2) is 10.2. The van der Waals surface area contributed by atoms with Gasteiger partial charge in [0.2, 0.25) is 0 Å². The summed E-state index contributed by atoms with van der Waals surface area (Å²) in [4.78, 5) is 35.5. The molecule has 0 aliphatic carbocycles. The fraction of sp³-hybridized carbons (Fsp3) is 0.471. The lowest BCUT2D eigenvalue weighted by Gasteiger charge is -2.20. The first-order valence-corrected chi connectivity index (χ1v) is 8.03. The molecule has 1 rings (SSSR count). The van der Waals surface area contributed by atoms with Crippen molar-refractivity contribution in [2.24, 2.45) is 5.92 Å². The lowest BCUT2D eigenvalue weighted by molar-refractivity contribution is -0.141. The molecule has 1 atom stereocenters. The van der Waals surface area contributed by atoms with Crippen LogP contribution < -0.4 is 15.4 Å². The minimum atomic E-state index is -0.948. The van der Waals surface area contributed by atoms with Crippen LogP contribution in [0.15, 0.2) is 24.3 Å². The van der Waals surface area contributed by atoms with E-state index in [1.807, 2.05) is 13.0 Å². The van der Waals surface area contributed by atoms with Crippen LogP contribution in [-0.4, -0.2) is 54.7 Å². The third-order valence-electron chi connectivity index (χ3n) is 3.40. The summed E-state index contributed by atoms with van der Waals surface area (Å²) in [6, 6.07) is 6.69. The Kier molecular flexibility index (Phi) is 8.25. The molecule has 1 unspecified atom stereocenters. The van der Waals surface area contributed by atoms with Gasteiger partial charge < -0.3 is 25.4 Å². The Morgan fingerprint density at radius 3 is 2.64 bits per heavy atom. The van der Waals surface area contributed by atoms with Crippen LogP contribution in [0.5, 0.6) is 5.75 Å². The second-order valence-corrected chi connectivity index (χ2v) is 5.67. The van der Waals surface area contributed by atoms with Crippen molar-refractivity contribution >= 4 is 17.9 Å². The van der Waals surface area contributed by atoms with Gasteiger partial charge in [-0.25, -0.2) is 4.79 Å². The third-order valence-corrected chi connectivity index (χ3v) is 3.40. The number of benzene rings is 1. The van der Waals surface area contributed by atoms with Crippen molar-refractivity contribution in [3.05, 3.63) is 29.8 Å². The summed E-state index contributed by atoms with van der Waals surface area (Å²) in [6.07, 6.45) is 0. The minimum Gasteiger partial charge on any atom is -0.484 e. The number of aliphatic carboxylic acids is 1. The topological polar surface area (TPSA) is 108 Å². The number of hydrogen-bond acceptors (Lipinski definition) is 4. The third kappa shape index (κ3) is 7.56. The van der Waals surface area contributed by atoms with Gasteiger partial charge in [-0.15, -0.1) is 0 Å². The van der Waals surface area contributed by atoms with E-state index in [1.54, 1.807) is 32.2 Å². The first kappa shape index (κ1) is 20.3. The standard InChI is InChI=1S/C17H25N3O5/c1-4-18-15(21)11-25-14-7-5-6-13(8-14)9-19-17(24)20(3)10-12(2)16(22)23/h5-8,12H,4,9-11H2,1-3H3,(H,18,21)(H,19,24)(H,22,23). The van der Waals surface area contributed by atoms with E-state index >= 15 is 0 Å². The van der Waals surface area contributed by atoms with E-state index in [4.69, 9.17) is 9.84 Å². The first-order chi connectivity index (χ1) is 11.8. The predicted octanol–water partition coefficient (Wildman–Crippen LogP) is 1.06. The molecule has 8 heteroatoms. The number of carbonyl (C=O) groups is 3. The average molecular weight is 351 g/mol. The Balaban J connectivity index is 2.49. The van der Waals surface area contributed by atoms with Crippen LogP contribution >= 0.6 is 0 Å². The number of likely N-dealkylation sites (N-methyl/N-ethyl adjacent to an activating group) is 1. The lowest BCUT2D eigenvalue weighted by Crippen LogP contribution is -2.40. The van der Waals surface area contributed by atoms with E-state index in [0.717, 1.165) is 5.56 Å². The van der Waals surface area contributed by atoms with Crippen molar-refractivity contribution in [1.82, 2.24) is 15.5 Å². The summed E-state index contributed by atoms with van der Waals surface area (Å²) in [5.74, 6) is -1.25. The fourth-order valence-corrected chi connectivity index (χ4v) is 2.03. The number of carboxylic acid groups (broad SMARTS) is 1. The molecule has 0 heterocycles. The molecule has 0 aliphatic heterocycles. The lowest BCUT2D eigenvalue weighted by atomic mass is 10.2. The van der Waals surface area contributed by atoms with Gasteiger partial charge in [0.1, 0.15) is 5.75 Å². The SMILES string of the molecule is CCNC(=O)COc1cccc(CNC(=O)N(C)CC(C)C(=O)O)c1. The number of carboxylic acids is 1. The number of amides is 3. The molecule has 138 valence electrons. The molecule has 3 N–H and O–H groups in total. The summed E-state index contributed by atoms with van der Waals surface area (Å²) in [5, 5.41) is 14.2. The van der Waals surface area contributed by atoms with E-state index < -0.39 is 11.9 Å². The zero-order valence-electron chi connectivity index (χ0n) is 14.7. The molecule has 8 nitrogen and oxygen atoms in total. The smallest absolute Gasteiger partial charge is 0.317 e. The highest BCUT2D eigenvalue weighted by molar-refractivity contribution is 5.77. The Labute approximate surface area is 147 Å². The minimum absolute atomic E-state index is 0.0700. The van der Waals surface area contributed by atoms with Crippen molar-refractivity contribution in [3.8, 4) is 5.75 Å². The molecule has 0 bridgehead atoms. The molecular formula is C17H25N3O5. The summed E-state index contributed by atoms with van der Waals surface area (Å²) in [7, 11) is 1.54. The molecule has 0 radical (unpaired) electrons. The van der Waals surface area contributed by atoms with Crippen LogP contribution in [0.2, 0.25) is 0 Å². The van der Waals surface area contributed by atoms with Crippen molar-refractivity contribution in [2.45, 2.75) is 20.4 Å². The number of rotatable bonds is 9. The van der Waals surface area contributed by atoms with Crippen LogP contribution in [0.4, 0.5) is 4.79 Å². The molecule has 25 heavy (non-hydrogen) atoms. The largest absolute Gasteiger partial charge is 0.484 e. The maximum Gasteiger partial charge on any atom is 0.317 e. The highest BCUT2D eigenvalue weighted by Crippen LogP contribution is 2.13. The van der Waals surface area contributed by atoms with Gasteiger partial charge in [0, 0.05) is 26.7 Å². The maximum atomic E-state index is 12.0. The number of nitrogens with zero attached hydrogens (tertiary/aromatic N) is 1. The monoisotopic (exact) mass is 351 g/mol. The summed E-state index contributed by atoms with van der Waals surface area (Å²) >= 11 is 0. The van der Waals surface area contributed by atoms with Gasteiger partial charge in [-0.05, 0) is 24.6 Å². The highest BCUT2D eigenvalue weighted by Gasteiger charge is 2.17. The molecule has 1 aromatic rings. The molecule has 0 spiro atoms. The molecular weight excluding hydrogens is 326 g/mol. The number of urea groups is 1. The van der Waals surface area contributed by atoms with E-state index in [9.17, 15) is 14.4 Å². The molecule has 0 aromatic heterocycles. The summed E-state index contributed by atoms with van der Waals surface area (Å²) in [5.41, 5.74) is 0.807. The molecule has 1 aromatic carbocycles. The van der Waals surface area contributed by atoms with Crippen LogP contribution in [0.3, 0.4) is 0 Å². The zero-order chi connectivity index (χ0) is 18.8. The Morgan fingerprint density at radius 2 is 2.00 bits per heavy atom. The van der Waals surface area contributed by atoms with Gasteiger partial charge in [0.25, 0.3) is 5.91 Å². The summed E-state index contributed by atoms with van der Waals surface area (Å²) < 4.78 is 5.39. The number of nitrogens with one attached hydrogen (secondary N) is 2.